The molecule has 4 N–H and O–H groups in total. The first-order chi connectivity index (χ1) is 58.2. The fourth-order valence-corrected chi connectivity index (χ4v) is 14.6. The largest absolute Gasteiger partial charge is 0.472 e. The van der Waals surface area contributed by atoms with Crippen LogP contribution in [-0.4, -0.2) is 95.9 Å². The van der Waals surface area contributed by atoms with E-state index in [0.29, 0.717) is 19.3 Å². The highest BCUT2D eigenvalue weighted by Crippen LogP contribution is 2.45. The predicted molar refractivity (Wildman–Crippen MR) is 500 cm³/mol. The molecule has 0 aliphatic carbocycles. The molecule has 0 fully saturated rings. The maximum Gasteiger partial charge on any atom is 0.472 e. The molecule has 0 rings (SSSR count). The maximum absolute atomic E-state index is 13.1. The van der Waals surface area contributed by atoms with Gasteiger partial charge in [-0.25, -0.2) is 9.13 Å². The first-order valence-corrected chi connectivity index (χ1v) is 50.8. The Bertz CT molecular complexity index is 2790. The van der Waals surface area contributed by atoms with Crippen molar-refractivity contribution in [3.63, 3.8) is 0 Å². The van der Waals surface area contributed by atoms with Gasteiger partial charge in [0.25, 0.3) is 0 Å². The number of esters is 3. The molecular weight excluding hydrogens is 1530 g/mol. The molecule has 5 unspecified atom stereocenters. The lowest BCUT2D eigenvalue weighted by atomic mass is 10.0. The van der Waals surface area contributed by atoms with Gasteiger partial charge in [-0.2, -0.15) is 0 Å². The quantitative estimate of drug-likeness (QED) is 0.0146. The normalized spacial score (nSPS) is 14.4. The van der Waals surface area contributed by atoms with E-state index in [1.165, 1.54) is 180 Å². The van der Waals surface area contributed by atoms with Gasteiger partial charge < -0.3 is 34.2 Å². The van der Waals surface area contributed by atoms with Gasteiger partial charge in [-0.15, -0.1) is 0 Å². The van der Waals surface area contributed by atoms with E-state index in [1.807, 2.05) is 0 Å². The van der Waals surface area contributed by atoms with Gasteiger partial charge in [0, 0.05) is 19.3 Å². The van der Waals surface area contributed by atoms with E-state index in [1.54, 1.807) is 0 Å². The van der Waals surface area contributed by atoms with Crippen molar-refractivity contribution in [2.24, 2.45) is 0 Å². The molecule has 0 saturated carbocycles. The van der Waals surface area contributed by atoms with Crippen LogP contribution in [0, 0.1) is 0 Å². The molecule has 0 aromatic heterocycles. The number of hydrogen-bond acceptors (Lipinski definition) is 14. The monoisotopic (exact) mass is 1710 g/mol. The summed E-state index contributed by atoms with van der Waals surface area (Å²) < 4.78 is 61.6. The molecule has 0 bridgehead atoms. The van der Waals surface area contributed by atoms with Crippen molar-refractivity contribution in [3.8, 4) is 0 Å². The fraction of sp³-hybridized carbons (Fsp3) is 0.713. The number of ether oxygens (including phenoxy) is 3. The van der Waals surface area contributed by atoms with Crippen LogP contribution in [0.2, 0.25) is 0 Å². The van der Waals surface area contributed by atoms with E-state index in [4.69, 9.17) is 32.3 Å². The molecule has 16 nitrogen and oxygen atoms in total. The average Bonchev–Trinajstić information content (AvgIpc) is 0.911. The molecule has 0 heterocycles. The number of unbranched alkanes of at least 4 members (excludes halogenated alkanes) is 41. The van der Waals surface area contributed by atoms with Crippen LogP contribution in [0.15, 0.2) is 158 Å². The lowest BCUT2D eigenvalue weighted by molar-refractivity contribution is -0.161. The second-order valence-electron chi connectivity index (χ2n) is 31.8. The van der Waals surface area contributed by atoms with E-state index < -0.39 is 91.5 Å². The van der Waals surface area contributed by atoms with Crippen LogP contribution in [-0.2, 0) is 55.8 Å². The third-order valence-electron chi connectivity index (χ3n) is 20.2. The van der Waals surface area contributed by atoms with E-state index >= 15 is 0 Å². The number of allylic oxidation sites excluding steroid dienone is 26. The van der Waals surface area contributed by atoms with Gasteiger partial charge in [0.2, 0.25) is 0 Å². The Hall–Kier alpha value is -4.83. The Labute approximate surface area is 727 Å². The van der Waals surface area contributed by atoms with Crippen LogP contribution >= 0.6 is 15.6 Å². The summed E-state index contributed by atoms with van der Waals surface area (Å²) in [7, 11) is -9.82. The summed E-state index contributed by atoms with van der Waals surface area (Å²) in [6, 6.07) is 0. The van der Waals surface area contributed by atoms with Gasteiger partial charge in [0.05, 0.1) is 26.4 Å². The number of carbonyl (C=O) groups is 3. The fourth-order valence-electron chi connectivity index (χ4n) is 13.0. The van der Waals surface area contributed by atoms with Gasteiger partial charge in [-0.05, 0) is 154 Å². The molecule has 119 heavy (non-hydrogen) atoms. The molecule has 0 amide bonds. The highest BCUT2D eigenvalue weighted by atomic mass is 31.2. The van der Waals surface area contributed by atoms with Crippen LogP contribution < -0.4 is 0 Å². The number of phosphoric ester groups is 2. The van der Waals surface area contributed by atoms with Crippen LogP contribution in [0.3, 0.4) is 0 Å². The minimum atomic E-state index is -4.95. The Morgan fingerprint density at radius 1 is 0.244 bits per heavy atom. The van der Waals surface area contributed by atoms with Gasteiger partial charge in [-0.1, -0.05) is 391 Å². The molecule has 0 spiro atoms. The minimum absolute atomic E-state index is 0.0888. The molecule has 0 aromatic carbocycles. The van der Waals surface area contributed by atoms with Crippen molar-refractivity contribution in [3.05, 3.63) is 158 Å². The smallest absolute Gasteiger partial charge is 0.463 e. The van der Waals surface area contributed by atoms with Crippen LogP contribution in [0.5, 0.6) is 0 Å². The lowest BCUT2D eigenvalue weighted by Gasteiger charge is -2.21. The van der Waals surface area contributed by atoms with Crippen molar-refractivity contribution < 1.29 is 75.8 Å². The lowest BCUT2D eigenvalue weighted by Crippen LogP contribution is -2.30. The van der Waals surface area contributed by atoms with E-state index in [0.717, 1.165) is 167 Å². The van der Waals surface area contributed by atoms with Gasteiger partial charge in [0.1, 0.15) is 25.4 Å². The third kappa shape index (κ3) is 93.7. The molecule has 18 heteroatoms. The van der Waals surface area contributed by atoms with E-state index in [9.17, 15) is 43.5 Å². The zero-order chi connectivity index (χ0) is 86.5. The zero-order valence-corrected chi connectivity index (χ0v) is 77.3. The molecule has 0 radical (unpaired) electrons. The summed E-state index contributed by atoms with van der Waals surface area (Å²) in [5.74, 6) is -1.58. The van der Waals surface area contributed by atoms with Gasteiger partial charge in [-0.3, -0.25) is 32.5 Å². The van der Waals surface area contributed by atoms with Crippen molar-refractivity contribution in [2.75, 3.05) is 39.6 Å². The molecular formula is C101H174O16P2. The predicted octanol–water partition coefficient (Wildman–Crippen LogP) is 29.7. The summed E-state index contributed by atoms with van der Waals surface area (Å²) in [4.78, 5) is 59.1. The summed E-state index contributed by atoms with van der Waals surface area (Å²) in [6.45, 7) is 2.56. The molecule has 0 aliphatic rings. The third-order valence-corrected chi connectivity index (χ3v) is 22.1. The molecule has 0 aliphatic heterocycles. The molecule has 0 saturated heterocycles. The van der Waals surface area contributed by atoms with Crippen LogP contribution in [0.25, 0.3) is 0 Å². The minimum Gasteiger partial charge on any atom is -0.463 e. The SMILES string of the molecule is CC/C=C\C/C=C\C/C=C\C/C=C\C/C=C\CCCCCCCCCCCCCCCCCCCC(=O)OCC(O)COP(=O)(O)OCC(O)COP(=O)(O)OCC(COC(=O)CCCCCCCCCCCCC/C=C\C/C=C\C/C=C\C/C=C\CCCCC)OC(=O)CCCCCCCCC/C=C\C/C=C\C/C=C\C/C=C\CCCCC. The summed E-state index contributed by atoms with van der Waals surface area (Å²) in [5, 5.41) is 20.8. The van der Waals surface area contributed by atoms with Crippen molar-refractivity contribution in [1.29, 1.82) is 0 Å². The number of aliphatic hydroxyl groups is 2. The summed E-state index contributed by atoms with van der Waals surface area (Å²) in [5.41, 5.74) is 0. The standard InChI is InChI=1S/C101H174O16P2/c1-4-7-10-13-16-19-22-25-28-31-34-37-40-42-44-45-46-47-48-49-51-53-55-57-60-63-66-69-72-75-78-81-84-87-99(104)111-90-96(102)91-113-118(107,108)114-92-97(103)93-115-119(109,110)116-95-98(117-101(106)89-86-83-80-77-74-71-68-65-62-59-54-39-36-33-30-27-24-21-18-15-12-9-6-3)94-112-100(105)88-85-82-79-76-73-70-67-64-61-58-56-52-50-43-41-38-35-32-29-26-23-20-17-14-11-8-5-2/h7,10,16-21,25-30,34-39,42-44,50,59,62,96-98,102-103H,4-6,8-9,11-15,22-24,31-33,40-41,45-49,51-58,60-61,63-95H2,1-3H3,(H,107,108)(H,109,110)/b10-7-,19-16-,20-17-,21-18-,28-25-,29-26-,30-27-,37-34-,38-35-,39-36-,44-42-,50-43-,62-59-. The Morgan fingerprint density at radius 2 is 0.445 bits per heavy atom. The van der Waals surface area contributed by atoms with Crippen LogP contribution in [0.4, 0.5) is 0 Å². The van der Waals surface area contributed by atoms with E-state index in [-0.39, 0.29) is 19.3 Å². The number of carbonyl (C=O) groups excluding carboxylic acids is 3. The summed E-state index contributed by atoms with van der Waals surface area (Å²) in [6.07, 6.45) is 119. The number of aliphatic hydroxyl groups excluding tert-OH is 2. The second kappa shape index (κ2) is 92.4. The van der Waals surface area contributed by atoms with Crippen molar-refractivity contribution >= 4 is 33.6 Å². The zero-order valence-electron chi connectivity index (χ0n) is 75.5. The van der Waals surface area contributed by atoms with Gasteiger partial charge in [0.15, 0.2) is 6.10 Å². The Morgan fingerprint density at radius 3 is 0.706 bits per heavy atom. The molecule has 684 valence electrons. The summed E-state index contributed by atoms with van der Waals surface area (Å²) >= 11 is 0. The number of phosphoric acid groups is 2. The van der Waals surface area contributed by atoms with Crippen molar-refractivity contribution in [1.82, 2.24) is 0 Å². The number of hydrogen-bond donors (Lipinski definition) is 4. The maximum atomic E-state index is 13.1. The molecule has 0 aromatic rings. The second-order valence-corrected chi connectivity index (χ2v) is 34.7. The highest BCUT2D eigenvalue weighted by molar-refractivity contribution is 7.47. The Balaban J connectivity index is 4.58. The Kier molecular flexibility index (Phi) is 88.6. The van der Waals surface area contributed by atoms with Crippen molar-refractivity contribution in [2.45, 2.75) is 424 Å². The average molecular weight is 1710 g/mol. The van der Waals surface area contributed by atoms with E-state index in [2.05, 4.69) is 179 Å². The number of rotatable bonds is 90. The van der Waals surface area contributed by atoms with Crippen LogP contribution in [0.1, 0.15) is 406 Å². The first kappa shape index (κ1) is 114. The van der Waals surface area contributed by atoms with Gasteiger partial charge >= 0.3 is 33.6 Å². The highest BCUT2D eigenvalue weighted by Gasteiger charge is 2.30. The first-order valence-electron chi connectivity index (χ1n) is 47.8. The topological polar surface area (TPSA) is 231 Å². The molecule has 5 atom stereocenters.